The molecular weight excluding hydrogens is 442 g/mol. The highest BCUT2D eigenvalue weighted by Crippen LogP contribution is 2.36. The number of aromatic nitrogens is 1. The Bertz CT molecular complexity index is 1220. The molecule has 0 saturated carbocycles. The first kappa shape index (κ1) is 22.9. The van der Waals surface area contributed by atoms with Gasteiger partial charge in [-0.2, -0.15) is 8.42 Å². The number of methoxy groups -OCH3 is 1. The number of pyridine rings is 1. The molecule has 0 aliphatic carbocycles. The molecule has 3 aromatic rings. The Morgan fingerprint density at radius 3 is 2.33 bits per heavy atom. The molecule has 1 aliphatic rings. The first-order chi connectivity index (χ1) is 15.8. The van der Waals surface area contributed by atoms with Crippen LogP contribution in [0.2, 0.25) is 0 Å². The Labute approximate surface area is 194 Å². The van der Waals surface area contributed by atoms with E-state index in [4.69, 9.17) is 13.9 Å². The zero-order chi connectivity index (χ0) is 23.4. The van der Waals surface area contributed by atoms with E-state index in [1.165, 1.54) is 0 Å². The number of hydrogen-bond acceptors (Lipinski definition) is 8. The average Bonchev–Trinajstić information content (AvgIpc) is 2.80. The second-order valence-electron chi connectivity index (χ2n) is 7.89. The number of anilines is 1. The zero-order valence-electron chi connectivity index (χ0n) is 18.6. The lowest BCUT2D eigenvalue weighted by molar-refractivity contribution is 0.246. The number of phenolic OH excluding ortho intramolecular Hbond substituents is 1. The number of aromatic hydroxyl groups is 1. The van der Waals surface area contributed by atoms with Gasteiger partial charge < -0.3 is 18.9 Å². The van der Waals surface area contributed by atoms with E-state index in [1.54, 1.807) is 31.4 Å². The number of phenols is 1. The maximum atomic E-state index is 11.8. The Morgan fingerprint density at radius 2 is 1.64 bits per heavy atom. The van der Waals surface area contributed by atoms with Crippen LogP contribution in [0.5, 0.6) is 17.2 Å². The molecule has 9 heteroatoms. The van der Waals surface area contributed by atoms with Crippen LogP contribution in [0.25, 0.3) is 11.3 Å². The lowest BCUT2D eigenvalue weighted by atomic mass is 10.1. The predicted molar refractivity (Wildman–Crippen MR) is 127 cm³/mol. The molecule has 8 nitrogen and oxygen atoms in total. The van der Waals surface area contributed by atoms with E-state index in [0.29, 0.717) is 23.6 Å². The van der Waals surface area contributed by atoms with E-state index in [0.717, 1.165) is 43.8 Å². The Balaban J connectivity index is 1.55. The minimum atomic E-state index is -3.72. The van der Waals surface area contributed by atoms with Crippen molar-refractivity contribution in [3.05, 3.63) is 66.4 Å². The second kappa shape index (κ2) is 9.68. The number of piperazine rings is 1. The lowest BCUT2D eigenvalue weighted by Gasteiger charge is -2.36. The molecule has 1 aromatic heterocycles. The van der Waals surface area contributed by atoms with Gasteiger partial charge in [0.25, 0.3) is 0 Å². The molecular formula is C24H27N3O5S. The fourth-order valence-corrected chi connectivity index (χ4v) is 4.41. The van der Waals surface area contributed by atoms with Crippen LogP contribution in [-0.2, 0) is 16.7 Å². The van der Waals surface area contributed by atoms with E-state index in [9.17, 15) is 13.5 Å². The van der Waals surface area contributed by atoms with Crippen molar-refractivity contribution in [1.29, 1.82) is 0 Å². The minimum Gasteiger partial charge on any atom is -0.506 e. The summed E-state index contributed by atoms with van der Waals surface area (Å²) in [4.78, 5) is 9.21. The van der Waals surface area contributed by atoms with Gasteiger partial charge in [-0.1, -0.05) is 24.3 Å². The average molecular weight is 470 g/mol. The number of nitrogens with zero attached hydrogens (tertiary/aromatic N) is 3. The predicted octanol–water partition coefficient (Wildman–Crippen LogP) is 3.12. The molecule has 0 spiro atoms. The van der Waals surface area contributed by atoms with E-state index in [1.807, 2.05) is 36.4 Å². The highest BCUT2D eigenvalue weighted by Gasteiger charge is 2.21. The number of ether oxygens (including phenoxy) is 1. The quantitative estimate of drug-likeness (QED) is 0.528. The molecule has 1 saturated heterocycles. The van der Waals surface area contributed by atoms with Crippen molar-refractivity contribution in [1.82, 2.24) is 9.88 Å². The van der Waals surface area contributed by atoms with Crippen molar-refractivity contribution in [2.45, 2.75) is 6.54 Å². The summed E-state index contributed by atoms with van der Waals surface area (Å²) in [5.74, 6) is 1.03. The molecule has 2 aromatic carbocycles. The van der Waals surface area contributed by atoms with Gasteiger partial charge in [-0.3, -0.25) is 4.90 Å². The van der Waals surface area contributed by atoms with E-state index < -0.39 is 10.1 Å². The molecule has 1 fully saturated rings. The molecule has 4 rings (SSSR count). The smallest absolute Gasteiger partial charge is 0.306 e. The lowest BCUT2D eigenvalue weighted by Crippen LogP contribution is -2.46. The summed E-state index contributed by atoms with van der Waals surface area (Å²) in [7, 11) is -2.16. The third-order valence-electron chi connectivity index (χ3n) is 5.50. The first-order valence-corrected chi connectivity index (χ1v) is 12.4. The van der Waals surface area contributed by atoms with Crippen LogP contribution >= 0.6 is 0 Å². The summed E-state index contributed by atoms with van der Waals surface area (Å²) in [5.41, 5.74) is 2.72. The molecule has 0 radical (unpaired) electrons. The summed E-state index contributed by atoms with van der Waals surface area (Å²) in [6, 6.07) is 18.1. The summed E-state index contributed by atoms with van der Waals surface area (Å²) < 4.78 is 34.3. The van der Waals surface area contributed by atoms with Gasteiger partial charge in [0.2, 0.25) is 0 Å². The van der Waals surface area contributed by atoms with Crippen LogP contribution in [0, 0.1) is 0 Å². The molecule has 0 amide bonds. The van der Waals surface area contributed by atoms with Crippen LogP contribution in [0.1, 0.15) is 5.69 Å². The third-order valence-corrected chi connectivity index (χ3v) is 5.98. The van der Waals surface area contributed by atoms with Crippen molar-refractivity contribution >= 4 is 15.8 Å². The topological polar surface area (TPSA) is 92.2 Å². The van der Waals surface area contributed by atoms with E-state index >= 15 is 0 Å². The van der Waals surface area contributed by atoms with Gasteiger partial charge in [0, 0.05) is 38.3 Å². The van der Waals surface area contributed by atoms with Crippen LogP contribution in [0.3, 0.4) is 0 Å². The molecule has 0 atom stereocenters. The molecule has 174 valence electrons. The van der Waals surface area contributed by atoms with Crippen LogP contribution in [0.15, 0.2) is 60.7 Å². The highest BCUT2D eigenvalue weighted by atomic mass is 32.2. The molecule has 1 N–H and O–H groups in total. The van der Waals surface area contributed by atoms with E-state index in [2.05, 4.69) is 9.80 Å². The number of para-hydroxylation sites is 3. The van der Waals surface area contributed by atoms with Gasteiger partial charge in [0.05, 0.1) is 24.7 Å². The van der Waals surface area contributed by atoms with Crippen LogP contribution < -0.4 is 13.8 Å². The van der Waals surface area contributed by atoms with Gasteiger partial charge in [-0.15, -0.1) is 0 Å². The summed E-state index contributed by atoms with van der Waals surface area (Å²) in [6.45, 7) is 3.79. The SMILES string of the molecule is COc1ccccc1-c1nc(CN2CCN(c3ccccc3O)CC2)ccc1OS(C)(=O)=O. The van der Waals surface area contributed by atoms with Crippen molar-refractivity contribution < 1.29 is 22.4 Å². The van der Waals surface area contributed by atoms with Gasteiger partial charge in [0.1, 0.15) is 17.2 Å². The maximum absolute atomic E-state index is 11.8. The normalized spacial score (nSPS) is 14.8. The number of rotatable bonds is 7. The summed E-state index contributed by atoms with van der Waals surface area (Å²) >= 11 is 0. The van der Waals surface area contributed by atoms with Gasteiger partial charge in [-0.25, -0.2) is 4.98 Å². The van der Waals surface area contributed by atoms with Crippen molar-refractivity contribution in [3.8, 4) is 28.5 Å². The fraction of sp³-hybridized carbons (Fsp3) is 0.292. The standard InChI is InChI=1S/C24H27N3O5S/c1-31-22-10-6-3-7-19(22)24-23(32-33(2,29)30)12-11-18(25-24)17-26-13-15-27(16-14-26)20-8-4-5-9-21(20)28/h3-12,28H,13-17H2,1-2H3. The van der Waals surface area contributed by atoms with E-state index in [-0.39, 0.29) is 11.5 Å². The monoisotopic (exact) mass is 469 g/mol. The number of hydrogen-bond donors (Lipinski definition) is 1. The molecule has 33 heavy (non-hydrogen) atoms. The third kappa shape index (κ3) is 5.55. The van der Waals surface area contributed by atoms with Crippen molar-refractivity contribution in [3.63, 3.8) is 0 Å². The second-order valence-corrected chi connectivity index (χ2v) is 9.46. The van der Waals surface area contributed by atoms with Gasteiger partial charge in [-0.05, 0) is 36.4 Å². The Kier molecular flexibility index (Phi) is 6.71. The van der Waals surface area contributed by atoms with Crippen molar-refractivity contribution in [2.75, 3.05) is 44.4 Å². The number of benzene rings is 2. The fourth-order valence-electron chi connectivity index (χ4n) is 3.95. The molecule has 1 aliphatic heterocycles. The molecule has 0 unspecified atom stereocenters. The maximum Gasteiger partial charge on any atom is 0.306 e. The van der Waals surface area contributed by atoms with Crippen LogP contribution in [0.4, 0.5) is 5.69 Å². The van der Waals surface area contributed by atoms with Crippen molar-refractivity contribution in [2.24, 2.45) is 0 Å². The highest BCUT2D eigenvalue weighted by molar-refractivity contribution is 7.86. The minimum absolute atomic E-state index is 0.162. The molecule has 2 heterocycles. The van der Waals surface area contributed by atoms with Gasteiger partial charge in [0.15, 0.2) is 5.75 Å². The Morgan fingerprint density at radius 1 is 0.939 bits per heavy atom. The largest absolute Gasteiger partial charge is 0.506 e. The molecule has 0 bridgehead atoms. The van der Waals surface area contributed by atoms with Gasteiger partial charge >= 0.3 is 10.1 Å². The van der Waals surface area contributed by atoms with Crippen LogP contribution in [-0.4, -0.2) is 63.0 Å². The first-order valence-electron chi connectivity index (χ1n) is 10.6. The summed E-state index contributed by atoms with van der Waals surface area (Å²) in [6.07, 6.45) is 1.01. The Hall–Kier alpha value is -3.30. The summed E-state index contributed by atoms with van der Waals surface area (Å²) in [5, 5.41) is 10.1. The zero-order valence-corrected chi connectivity index (χ0v) is 19.5.